The quantitative estimate of drug-likeness (QED) is 0.376. The number of aromatic nitrogens is 4. The molecule has 1 aliphatic rings. The third kappa shape index (κ3) is 3.86. The van der Waals surface area contributed by atoms with Gasteiger partial charge in [0.25, 0.3) is 5.91 Å². The fourth-order valence-electron chi connectivity index (χ4n) is 4.34. The van der Waals surface area contributed by atoms with Crippen LogP contribution in [0, 0.1) is 11.6 Å². The first-order valence-corrected chi connectivity index (χ1v) is 10.8. The molecule has 0 bridgehead atoms. The SMILES string of the molecule is COc1cc(-c2cc(-c3cc(C4(O)CC(C(F)(F)F)N(C)C4=O)on3)c(F)cc2F)nc2c(N)ncnc12. The van der Waals surface area contributed by atoms with Crippen molar-refractivity contribution >= 4 is 22.8 Å². The number of anilines is 1. The highest BCUT2D eigenvalue weighted by molar-refractivity contribution is 5.91. The molecule has 3 N–H and O–H groups in total. The molecule has 4 heterocycles. The van der Waals surface area contributed by atoms with E-state index in [1.165, 1.54) is 19.5 Å². The van der Waals surface area contributed by atoms with Crippen LogP contribution < -0.4 is 10.5 Å². The third-order valence-corrected chi connectivity index (χ3v) is 6.34. The lowest BCUT2D eigenvalue weighted by atomic mass is 9.95. The summed E-state index contributed by atoms with van der Waals surface area (Å²) in [6.45, 7) is 0. The number of alkyl halides is 3. The van der Waals surface area contributed by atoms with Gasteiger partial charge in [-0.3, -0.25) is 4.79 Å². The number of nitrogen functional groups attached to an aromatic ring is 1. The number of hydrogen-bond donors (Lipinski definition) is 2. The first-order valence-electron chi connectivity index (χ1n) is 10.8. The zero-order valence-corrected chi connectivity index (χ0v) is 19.5. The van der Waals surface area contributed by atoms with Crippen molar-refractivity contribution in [1.82, 2.24) is 25.0 Å². The number of fused-ring (bicyclic) bond motifs is 1. The van der Waals surface area contributed by atoms with Crippen LogP contribution in [-0.2, 0) is 10.4 Å². The largest absolute Gasteiger partial charge is 0.494 e. The predicted molar refractivity (Wildman–Crippen MR) is 120 cm³/mol. The standard InChI is InChI=1S/C23H17F5N6O4/c1-34-16(23(26,27)28)7-22(36,21(34)35)17-6-14(33-38-17)10-3-9(11(24)4-12(10)25)13-5-15(37-2)18-19(32-13)20(29)31-8-30-18/h3-6,8,16,36H,7H2,1-2H3,(H2,29,30,31). The Hall–Kier alpha value is -4.40. The van der Waals surface area contributed by atoms with Crippen molar-refractivity contribution in [1.29, 1.82) is 0 Å². The Morgan fingerprint density at radius 1 is 1.11 bits per heavy atom. The lowest BCUT2D eigenvalue weighted by Gasteiger charge is -2.21. The van der Waals surface area contributed by atoms with E-state index in [9.17, 15) is 31.9 Å². The van der Waals surface area contributed by atoms with Gasteiger partial charge >= 0.3 is 6.18 Å². The number of ether oxygens (including phenoxy) is 1. The van der Waals surface area contributed by atoms with E-state index >= 15 is 0 Å². The molecule has 1 aromatic carbocycles. The summed E-state index contributed by atoms with van der Waals surface area (Å²) < 4.78 is 80.0. The van der Waals surface area contributed by atoms with Crippen LogP contribution in [0.15, 0.2) is 35.1 Å². The maximum absolute atomic E-state index is 14.9. The monoisotopic (exact) mass is 536 g/mol. The van der Waals surface area contributed by atoms with Crippen LogP contribution >= 0.6 is 0 Å². The minimum absolute atomic E-state index is 0.0179. The van der Waals surface area contributed by atoms with Crippen molar-refractivity contribution < 1.29 is 41.1 Å². The summed E-state index contributed by atoms with van der Waals surface area (Å²) in [5.41, 5.74) is 2.63. The van der Waals surface area contributed by atoms with Crippen molar-refractivity contribution in [3.8, 4) is 28.3 Å². The topological polar surface area (TPSA) is 140 Å². The summed E-state index contributed by atoms with van der Waals surface area (Å²) in [4.78, 5) is 25.0. The van der Waals surface area contributed by atoms with E-state index in [4.69, 9.17) is 15.0 Å². The Morgan fingerprint density at radius 3 is 2.42 bits per heavy atom. The lowest BCUT2D eigenvalue weighted by molar-refractivity contribution is -0.177. The highest BCUT2D eigenvalue weighted by Gasteiger charge is 2.60. The number of carbonyl (C=O) groups is 1. The highest BCUT2D eigenvalue weighted by Crippen LogP contribution is 2.43. The Morgan fingerprint density at radius 2 is 1.79 bits per heavy atom. The number of likely N-dealkylation sites (tertiary alicyclic amines) is 1. The summed E-state index contributed by atoms with van der Waals surface area (Å²) in [5.74, 6) is -3.85. The fraction of sp³-hybridized carbons (Fsp3) is 0.261. The van der Waals surface area contributed by atoms with Crippen molar-refractivity contribution in [3.63, 3.8) is 0 Å². The Balaban J connectivity index is 1.59. The van der Waals surface area contributed by atoms with Crippen molar-refractivity contribution in [2.24, 2.45) is 0 Å². The number of benzene rings is 1. The molecule has 0 spiro atoms. The van der Waals surface area contributed by atoms with Crippen molar-refractivity contribution in [2.75, 3.05) is 19.9 Å². The molecule has 4 aromatic rings. The predicted octanol–water partition coefficient (Wildman–Crippen LogP) is 3.20. The van der Waals surface area contributed by atoms with Gasteiger partial charge in [0.05, 0.1) is 12.8 Å². The van der Waals surface area contributed by atoms with Gasteiger partial charge in [-0.2, -0.15) is 13.2 Å². The molecule has 198 valence electrons. The zero-order chi connectivity index (χ0) is 27.6. The molecule has 1 amide bonds. The number of hydrogen-bond acceptors (Lipinski definition) is 9. The third-order valence-electron chi connectivity index (χ3n) is 6.34. The number of carbonyl (C=O) groups excluding carboxylic acids is 1. The number of methoxy groups -OCH3 is 1. The molecule has 1 fully saturated rings. The molecular weight excluding hydrogens is 519 g/mol. The summed E-state index contributed by atoms with van der Waals surface area (Å²) >= 11 is 0. The van der Waals surface area contributed by atoms with E-state index < -0.39 is 47.5 Å². The van der Waals surface area contributed by atoms with Gasteiger partial charge < -0.3 is 25.0 Å². The van der Waals surface area contributed by atoms with Gasteiger partial charge in [-0.15, -0.1) is 0 Å². The van der Waals surface area contributed by atoms with Gasteiger partial charge in [-0.1, -0.05) is 5.16 Å². The van der Waals surface area contributed by atoms with E-state index in [-0.39, 0.29) is 45.1 Å². The number of nitrogens with two attached hydrogens (primary N) is 1. The molecule has 1 aliphatic heterocycles. The molecule has 3 aromatic heterocycles. The summed E-state index contributed by atoms with van der Waals surface area (Å²) in [7, 11) is 2.24. The number of amides is 1. The second-order valence-electron chi connectivity index (χ2n) is 8.59. The highest BCUT2D eigenvalue weighted by atomic mass is 19.4. The van der Waals surface area contributed by atoms with Gasteiger partial charge in [0.2, 0.25) is 5.60 Å². The molecule has 38 heavy (non-hydrogen) atoms. The summed E-state index contributed by atoms with van der Waals surface area (Å²) in [6.07, 6.45) is -4.67. The van der Waals surface area contributed by atoms with Crippen LogP contribution in [0.1, 0.15) is 12.2 Å². The number of nitrogens with zero attached hydrogens (tertiary/aromatic N) is 5. The minimum Gasteiger partial charge on any atom is -0.494 e. The molecule has 5 rings (SSSR count). The average molecular weight is 536 g/mol. The molecule has 1 saturated heterocycles. The average Bonchev–Trinajstić information content (AvgIpc) is 3.44. The molecule has 15 heteroatoms. The van der Waals surface area contributed by atoms with Crippen molar-refractivity contribution in [2.45, 2.75) is 24.2 Å². The smallest absolute Gasteiger partial charge is 0.408 e. The van der Waals surface area contributed by atoms with Crippen LogP contribution in [0.4, 0.5) is 27.8 Å². The van der Waals surface area contributed by atoms with E-state index in [1.54, 1.807) is 0 Å². The van der Waals surface area contributed by atoms with Gasteiger partial charge in [-0.25, -0.2) is 23.7 Å². The number of rotatable bonds is 4. The van der Waals surface area contributed by atoms with E-state index in [0.29, 0.717) is 11.0 Å². The van der Waals surface area contributed by atoms with Crippen LogP contribution in [0.25, 0.3) is 33.5 Å². The van der Waals surface area contributed by atoms with Crippen LogP contribution in [-0.4, -0.2) is 62.4 Å². The summed E-state index contributed by atoms with van der Waals surface area (Å²) in [6, 6.07) is 1.57. The summed E-state index contributed by atoms with van der Waals surface area (Å²) in [5, 5.41) is 14.4. The Bertz CT molecular complexity index is 1590. The second-order valence-corrected chi connectivity index (χ2v) is 8.59. The maximum atomic E-state index is 14.9. The molecule has 10 nitrogen and oxygen atoms in total. The molecular formula is C23H17F5N6O4. The number of likely N-dealkylation sites (N-methyl/N-ethyl adjacent to an activating group) is 1. The first kappa shape index (κ1) is 25.3. The lowest BCUT2D eigenvalue weighted by Crippen LogP contribution is -2.41. The van der Waals surface area contributed by atoms with Gasteiger partial charge in [0, 0.05) is 42.8 Å². The molecule has 0 saturated carbocycles. The van der Waals surface area contributed by atoms with Gasteiger partial charge in [0.1, 0.15) is 46.5 Å². The minimum atomic E-state index is -4.81. The van der Waals surface area contributed by atoms with E-state index in [2.05, 4.69) is 20.1 Å². The first-order chi connectivity index (χ1) is 17.8. The molecule has 2 atom stereocenters. The fourth-order valence-corrected chi connectivity index (χ4v) is 4.34. The van der Waals surface area contributed by atoms with Crippen LogP contribution in [0.2, 0.25) is 0 Å². The van der Waals surface area contributed by atoms with Crippen molar-refractivity contribution in [3.05, 3.63) is 48.0 Å². The normalized spacial score (nSPS) is 19.9. The molecule has 0 radical (unpaired) electrons. The Kier molecular flexibility index (Phi) is 5.70. The second kappa shape index (κ2) is 8.58. The number of aliphatic hydroxyl groups is 1. The maximum Gasteiger partial charge on any atom is 0.408 e. The molecule has 0 aliphatic carbocycles. The number of pyridine rings is 1. The zero-order valence-electron chi connectivity index (χ0n) is 19.5. The van der Waals surface area contributed by atoms with Crippen LogP contribution in [0.3, 0.4) is 0 Å². The van der Waals surface area contributed by atoms with E-state index in [1.807, 2.05) is 0 Å². The van der Waals surface area contributed by atoms with E-state index in [0.717, 1.165) is 19.2 Å². The van der Waals surface area contributed by atoms with Gasteiger partial charge in [0.15, 0.2) is 11.6 Å². The Labute approximate surface area is 209 Å². The molecule has 2 unspecified atom stereocenters. The van der Waals surface area contributed by atoms with Gasteiger partial charge in [-0.05, 0) is 6.07 Å². The van der Waals surface area contributed by atoms with Crippen LogP contribution in [0.5, 0.6) is 5.75 Å². The number of halogens is 5.